The van der Waals surface area contributed by atoms with Crippen molar-refractivity contribution in [3.8, 4) is 11.1 Å². The van der Waals surface area contributed by atoms with Gasteiger partial charge < -0.3 is 10.2 Å². The van der Waals surface area contributed by atoms with E-state index in [-0.39, 0.29) is 11.9 Å². The van der Waals surface area contributed by atoms with Gasteiger partial charge in [0.15, 0.2) is 0 Å². The molecule has 138 valence electrons. The third-order valence-electron chi connectivity index (χ3n) is 4.85. The first-order valence-corrected chi connectivity index (χ1v) is 9.26. The lowest BCUT2D eigenvalue weighted by atomic mass is 10.0. The summed E-state index contributed by atoms with van der Waals surface area (Å²) in [5.74, 6) is 1.02. The molecule has 2 amide bonds. The number of urea groups is 1. The second-order valence-corrected chi connectivity index (χ2v) is 7.23. The largest absolute Gasteiger partial charge is 0.324 e. The molecule has 1 fully saturated rings. The van der Waals surface area contributed by atoms with Crippen molar-refractivity contribution in [3.63, 3.8) is 0 Å². The molecule has 0 saturated carbocycles. The lowest BCUT2D eigenvalue weighted by molar-refractivity contribution is 0.222. The van der Waals surface area contributed by atoms with Crippen molar-refractivity contribution in [3.05, 3.63) is 65.2 Å². The highest BCUT2D eigenvalue weighted by molar-refractivity contribution is 6.31. The van der Waals surface area contributed by atoms with Gasteiger partial charge in [0.25, 0.3) is 0 Å². The summed E-state index contributed by atoms with van der Waals surface area (Å²) in [6.07, 6.45) is 2.37. The van der Waals surface area contributed by atoms with Crippen LogP contribution in [0.1, 0.15) is 23.7 Å². The maximum atomic E-state index is 12.8. The average Bonchev–Trinajstić information content (AvgIpc) is 3.34. The Labute approximate surface area is 162 Å². The highest BCUT2D eigenvalue weighted by Crippen LogP contribution is 2.32. The Morgan fingerprint density at radius 1 is 1.30 bits per heavy atom. The normalized spacial score (nSPS) is 16.5. The molecule has 2 N–H and O–H groups in total. The first-order valence-electron chi connectivity index (χ1n) is 8.88. The Morgan fingerprint density at radius 3 is 2.96 bits per heavy atom. The molecule has 1 saturated heterocycles. The lowest BCUT2D eigenvalue weighted by Crippen LogP contribution is -2.33. The van der Waals surface area contributed by atoms with Gasteiger partial charge in [0.1, 0.15) is 12.2 Å². The minimum atomic E-state index is -0.117. The SMILES string of the molecule is Cc1cccc(-c2cc(Cl)ccc2NC(=O)N2CCC(c3ncn[nH]3)C2)c1. The van der Waals surface area contributed by atoms with E-state index in [4.69, 9.17) is 11.6 Å². The third kappa shape index (κ3) is 3.80. The van der Waals surface area contributed by atoms with Gasteiger partial charge in [-0.2, -0.15) is 5.10 Å². The number of carbonyl (C=O) groups excluding carboxylic acids is 1. The van der Waals surface area contributed by atoms with Crippen LogP contribution in [0.25, 0.3) is 11.1 Å². The molecule has 1 aliphatic heterocycles. The molecule has 4 rings (SSSR count). The molecule has 7 heteroatoms. The minimum absolute atomic E-state index is 0.117. The van der Waals surface area contributed by atoms with Crippen LogP contribution in [0.4, 0.5) is 10.5 Å². The van der Waals surface area contributed by atoms with Gasteiger partial charge in [0.2, 0.25) is 0 Å². The second-order valence-electron chi connectivity index (χ2n) is 6.79. The van der Waals surface area contributed by atoms with E-state index in [0.717, 1.165) is 34.6 Å². The number of aromatic nitrogens is 3. The number of amides is 2. The first kappa shape index (κ1) is 17.5. The summed E-state index contributed by atoms with van der Waals surface area (Å²) < 4.78 is 0. The number of aromatic amines is 1. The van der Waals surface area contributed by atoms with Crippen LogP contribution in [0.5, 0.6) is 0 Å². The fourth-order valence-electron chi connectivity index (χ4n) is 3.45. The van der Waals surface area contributed by atoms with Gasteiger partial charge in [-0.3, -0.25) is 5.10 Å². The maximum absolute atomic E-state index is 12.8. The minimum Gasteiger partial charge on any atom is -0.324 e. The molecule has 0 aliphatic carbocycles. The molecule has 2 heterocycles. The number of hydrogen-bond acceptors (Lipinski definition) is 3. The van der Waals surface area contributed by atoms with Crippen molar-refractivity contribution in [1.29, 1.82) is 0 Å². The number of nitrogens with zero attached hydrogens (tertiary/aromatic N) is 3. The highest BCUT2D eigenvalue weighted by atomic mass is 35.5. The number of likely N-dealkylation sites (tertiary alicyclic amines) is 1. The maximum Gasteiger partial charge on any atom is 0.321 e. The predicted octanol–water partition coefficient (Wildman–Crippen LogP) is 4.45. The van der Waals surface area contributed by atoms with Crippen LogP contribution in [-0.4, -0.2) is 39.2 Å². The molecular formula is C20H20ClN5O. The predicted molar refractivity (Wildman–Crippen MR) is 106 cm³/mol. The molecule has 1 aromatic heterocycles. The van der Waals surface area contributed by atoms with E-state index in [9.17, 15) is 4.79 Å². The number of halogens is 1. The molecule has 1 aliphatic rings. The van der Waals surface area contributed by atoms with E-state index in [2.05, 4.69) is 26.6 Å². The van der Waals surface area contributed by atoms with Crippen LogP contribution in [-0.2, 0) is 0 Å². The Morgan fingerprint density at radius 2 is 2.19 bits per heavy atom. The number of nitrogens with one attached hydrogen (secondary N) is 2. The summed E-state index contributed by atoms with van der Waals surface area (Å²) in [4.78, 5) is 18.8. The van der Waals surface area contributed by atoms with E-state index in [1.165, 1.54) is 6.33 Å². The van der Waals surface area contributed by atoms with Crippen molar-refractivity contribution in [2.24, 2.45) is 0 Å². The Hall–Kier alpha value is -2.86. The molecule has 27 heavy (non-hydrogen) atoms. The molecule has 0 spiro atoms. The molecular weight excluding hydrogens is 362 g/mol. The van der Waals surface area contributed by atoms with Crippen LogP contribution < -0.4 is 5.32 Å². The zero-order chi connectivity index (χ0) is 18.8. The van der Waals surface area contributed by atoms with Gasteiger partial charge in [-0.05, 0) is 37.1 Å². The Balaban J connectivity index is 1.53. The second kappa shape index (κ2) is 7.40. The Kier molecular flexibility index (Phi) is 4.81. The number of carbonyl (C=O) groups is 1. The third-order valence-corrected chi connectivity index (χ3v) is 5.08. The van der Waals surface area contributed by atoms with E-state index >= 15 is 0 Å². The number of aryl methyl sites for hydroxylation is 1. The molecule has 1 atom stereocenters. The molecule has 1 unspecified atom stereocenters. The van der Waals surface area contributed by atoms with Gasteiger partial charge >= 0.3 is 6.03 Å². The summed E-state index contributed by atoms with van der Waals surface area (Å²) in [5.41, 5.74) is 3.83. The Bertz CT molecular complexity index is 957. The average molecular weight is 382 g/mol. The zero-order valence-corrected chi connectivity index (χ0v) is 15.7. The number of benzene rings is 2. The van der Waals surface area contributed by atoms with E-state index in [0.29, 0.717) is 18.1 Å². The van der Waals surface area contributed by atoms with Crippen LogP contribution >= 0.6 is 11.6 Å². The standard InChI is InChI=1S/C20H20ClN5O/c1-13-3-2-4-14(9-13)17-10-16(21)5-6-18(17)24-20(27)26-8-7-15(11-26)19-22-12-23-25-19/h2-6,9-10,12,15H,7-8,11H2,1H3,(H,24,27)(H,22,23,25). The van der Waals surface area contributed by atoms with Crippen molar-refractivity contribution in [2.45, 2.75) is 19.3 Å². The smallest absolute Gasteiger partial charge is 0.321 e. The van der Waals surface area contributed by atoms with Gasteiger partial charge in [0.05, 0.1) is 5.69 Å². The van der Waals surface area contributed by atoms with Crippen molar-refractivity contribution >= 4 is 23.3 Å². The zero-order valence-electron chi connectivity index (χ0n) is 14.9. The number of hydrogen-bond donors (Lipinski definition) is 2. The summed E-state index contributed by atoms with van der Waals surface area (Å²) in [6, 6.07) is 13.5. The van der Waals surface area contributed by atoms with Crippen LogP contribution in [0.15, 0.2) is 48.8 Å². The van der Waals surface area contributed by atoms with E-state index in [1.807, 2.05) is 42.2 Å². The van der Waals surface area contributed by atoms with Gasteiger partial charge in [-0.15, -0.1) is 0 Å². The fourth-order valence-corrected chi connectivity index (χ4v) is 3.62. The van der Waals surface area contributed by atoms with Crippen LogP contribution in [0, 0.1) is 6.92 Å². The van der Waals surface area contributed by atoms with E-state index < -0.39 is 0 Å². The summed E-state index contributed by atoms with van der Waals surface area (Å²) in [5, 5.41) is 10.5. The van der Waals surface area contributed by atoms with Crippen LogP contribution in [0.2, 0.25) is 5.02 Å². The first-order chi connectivity index (χ1) is 13.1. The summed E-state index contributed by atoms with van der Waals surface area (Å²) in [7, 11) is 0. The van der Waals surface area contributed by atoms with Crippen molar-refractivity contribution < 1.29 is 4.79 Å². The fraction of sp³-hybridized carbons (Fsp3) is 0.250. The van der Waals surface area contributed by atoms with Gasteiger partial charge in [-0.25, -0.2) is 9.78 Å². The monoisotopic (exact) mass is 381 g/mol. The van der Waals surface area contributed by atoms with Crippen molar-refractivity contribution in [1.82, 2.24) is 20.1 Å². The molecule has 0 radical (unpaired) electrons. The number of H-pyrrole nitrogens is 1. The van der Waals surface area contributed by atoms with Crippen molar-refractivity contribution in [2.75, 3.05) is 18.4 Å². The molecule has 6 nitrogen and oxygen atoms in total. The number of rotatable bonds is 3. The molecule has 0 bridgehead atoms. The summed E-state index contributed by atoms with van der Waals surface area (Å²) >= 11 is 6.21. The van der Waals surface area contributed by atoms with Crippen LogP contribution in [0.3, 0.4) is 0 Å². The topological polar surface area (TPSA) is 73.9 Å². The molecule has 3 aromatic rings. The van der Waals surface area contributed by atoms with E-state index in [1.54, 1.807) is 6.07 Å². The summed E-state index contributed by atoms with van der Waals surface area (Å²) in [6.45, 7) is 3.35. The molecule has 2 aromatic carbocycles. The highest BCUT2D eigenvalue weighted by Gasteiger charge is 2.29. The quantitative estimate of drug-likeness (QED) is 0.703. The van der Waals surface area contributed by atoms with Gasteiger partial charge in [0, 0.05) is 29.6 Å². The lowest BCUT2D eigenvalue weighted by Gasteiger charge is -2.19. The van der Waals surface area contributed by atoms with Gasteiger partial charge in [-0.1, -0.05) is 41.4 Å². The number of anilines is 1.